The number of pyridine rings is 1. The predicted molar refractivity (Wildman–Crippen MR) is 65.6 cm³/mol. The van der Waals surface area contributed by atoms with E-state index in [1.54, 1.807) is 12.3 Å². The van der Waals surface area contributed by atoms with Gasteiger partial charge in [-0.1, -0.05) is 0 Å². The van der Waals surface area contributed by atoms with Crippen molar-refractivity contribution in [3.8, 4) is 0 Å². The van der Waals surface area contributed by atoms with Crippen LogP contribution in [0, 0.1) is 6.92 Å². The van der Waals surface area contributed by atoms with Gasteiger partial charge in [0.25, 0.3) is 0 Å². The van der Waals surface area contributed by atoms with E-state index in [-0.39, 0.29) is 0 Å². The van der Waals surface area contributed by atoms with Crippen molar-refractivity contribution in [3.05, 3.63) is 34.5 Å². The van der Waals surface area contributed by atoms with Crippen molar-refractivity contribution in [3.63, 3.8) is 0 Å². The number of nitrogens with zero attached hydrogens (tertiary/aromatic N) is 2. The maximum absolute atomic E-state index is 12.0. The first kappa shape index (κ1) is 11.2. The van der Waals surface area contributed by atoms with Crippen LogP contribution in [0.1, 0.15) is 10.7 Å². The highest BCUT2D eigenvalue weighted by molar-refractivity contribution is 7.84. The summed E-state index contributed by atoms with van der Waals surface area (Å²) in [6, 6.07) is 1.69. The standard InChI is InChI=1S/C10H11N3OS2/c1-7-5-15-10(13-7)6-16(14)9-2-3-12-4-8(9)11/h2-5H,6,11H2,1H3. The van der Waals surface area contributed by atoms with Gasteiger partial charge in [-0.25, -0.2) is 4.98 Å². The van der Waals surface area contributed by atoms with Crippen molar-refractivity contribution >= 4 is 27.8 Å². The lowest BCUT2D eigenvalue weighted by atomic mass is 10.4. The highest BCUT2D eigenvalue weighted by Gasteiger charge is 2.10. The molecule has 2 rings (SSSR count). The number of aromatic nitrogens is 2. The fraction of sp³-hybridized carbons (Fsp3) is 0.200. The molecule has 1 atom stereocenters. The second-order valence-electron chi connectivity index (χ2n) is 3.29. The number of hydrogen-bond acceptors (Lipinski definition) is 5. The lowest BCUT2D eigenvalue weighted by molar-refractivity contribution is 0.682. The summed E-state index contributed by atoms with van der Waals surface area (Å²) in [7, 11) is -1.15. The molecule has 0 aliphatic rings. The number of aryl methyl sites for hydroxylation is 1. The fourth-order valence-corrected chi connectivity index (χ4v) is 3.38. The van der Waals surface area contributed by atoms with Gasteiger partial charge in [-0.2, -0.15) is 0 Å². The first-order valence-electron chi connectivity index (χ1n) is 4.65. The van der Waals surface area contributed by atoms with Crippen molar-refractivity contribution in [2.75, 3.05) is 5.73 Å². The van der Waals surface area contributed by atoms with Crippen LogP contribution >= 0.6 is 11.3 Å². The topological polar surface area (TPSA) is 68.9 Å². The quantitative estimate of drug-likeness (QED) is 0.904. The Morgan fingerprint density at radius 1 is 1.56 bits per heavy atom. The SMILES string of the molecule is Cc1csc(CS(=O)c2ccncc2N)n1. The van der Waals surface area contributed by atoms with Crippen molar-refractivity contribution < 1.29 is 4.21 Å². The minimum atomic E-state index is -1.15. The van der Waals surface area contributed by atoms with Crippen LogP contribution in [-0.2, 0) is 16.6 Å². The maximum Gasteiger partial charge on any atom is 0.106 e. The molecule has 4 nitrogen and oxygen atoms in total. The monoisotopic (exact) mass is 253 g/mol. The zero-order valence-corrected chi connectivity index (χ0v) is 10.3. The van der Waals surface area contributed by atoms with Crippen LogP contribution in [0.2, 0.25) is 0 Å². The lowest BCUT2D eigenvalue weighted by Gasteiger charge is -2.02. The molecular weight excluding hydrogens is 242 g/mol. The van der Waals surface area contributed by atoms with Crippen LogP contribution in [0.15, 0.2) is 28.7 Å². The molecule has 0 aliphatic heterocycles. The summed E-state index contributed by atoms with van der Waals surface area (Å²) in [6.45, 7) is 1.92. The summed E-state index contributed by atoms with van der Waals surface area (Å²) in [6.07, 6.45) is 3.11. The minimum Gasteiger partial charge on any atom is -0.396 e. The van der Waals surface area contributed by atoms with Crippen LogP contribution in [0.5, 0.6) is 0 Å². The number of nitrogens with two attached hydrogens (primary N) is 1. The van der Waals surface area contributed by atoms with Gasteiger partial charge in [-0.3, -0.25) is 9.19 Å². The molecule has 6 heteroatoms. The van der Waals surface area contributed by atoms with Crippen molar-refractivity contribution in [2.45, 2.75) is 17.6 Å². The van der Waals surface area contributed by atoms with Crippen LogP contribution in [0.25, 0.3) is 0 Å². The normalized spacial score (nSPS) is 12.6. The van der Waals surface area contributed by atoms with Crippen LogP contribution < -0.4 is 5.73 Å². The molecule has 0 aromatic carbocycles. The minimum absolute atomic E-state index is 0.409. The summed E-state index contributed by atoms with van der Waals surface area (Å²) in [5.74, 6) is 0.409. The Morgan fingerprint density at radius 3 is 3.00 bits per heavy atom. The summed E-state index contributed by atoms with van der Waals surface area (Å²) >= 11 is 1.52. The number of anilines is 1. The number of rotatable bonds is 3. The van der Waals surface area contributed by atoms with E-state index in [0.29, 0.717) is 16.3 Å². The molecule has 1 unspecified atom stereocenters. The van der Waals surface area contributed by atoms with Crippen molar-refractivity contribution in [1.82, 2.24) is 9.97 Å². The van der Waals surface area contributed by atoms with Gasteiger partial charge in [0.1, 0.15) is 5.01 Å². The second-order valence-corrected chi connectivity index (χ2v) is 5.65. The Morgan fingerprint density at radius 2 is 2.38 bits per heavy atom. The maximum atomic E-state index is 12.0. The zero-order chi connectivity index (χ0) is 11.5. The zero-order valence-electron chi connectivity index (χ0n) is 8.71. The third-order valence-corrected chi connectivity index (χ3v) is 4.52. The van der Waals surface area contributed by atoms with Gasteiger partial charge >= 0.3 is 0 Å². The Hall–Kier alpha value is -1.27. The second kappa shape index (κ2) is 4.71. The van der Waals surface area contributed by atoms with E-state index in [9.17, 15) is 4.21 Å². The van der Waals surface area contributed by atoms with Gasteiger partial charge in [0.15, 0.2) is 0 Å². The number of nitrogen functional groups attached to an aromatic ring is 1. The van der Waals surface area contributed by atoms with E-state index >= 15 is 0 Å². The predicted octanol–water partition coefficient (Wildman–Crippen LogP) is 1.74. The van der Waals surface area contributed by atoms with Crippen LogP contribution in [-0.4, -0.2) is 14.2 Å². The van der Waals surface area contributed by atoms with Crippen LogP contribution in [0.3, 0.4) is 0 Å². The molecule has 2 heterocycles. The molecule has 0 amide bonds. The summed E-state index contributed by atoms with van der Waals surface area (Å²) in [5, 5.41) is 2.81. The van der Waals surface area contributed by atoms with Gasteiger partial charge in [0.05, 0.1) is 33.3 Å². The van der Waals surface area contributed by atoms with E-state index in [1.165, 1.54) is 17.5 Å². The molecule has 2 N–H and O–H groups in total. The highest BCUT2D eigenvalue weighted by Crippen LogP contribution is 2.19. The Balaban J connectivity index is 2.18. The molecule has 2 aromatic heterocycles. The molecule has 0 saturated carbocycles. The summed E-state index contributed by atoms with van der Waals surface area (Å²) < 4.78 is 12.0. The van der Waals surface area contributed by atoms with Crippen molar-refractivity contribution in [1.29, 1.82) is 0 Å². The van der Waals surface area contributed by atoms with Gasteiger partial charge in [-0.05, 0) is 13.0 Å². The largest absolute Gasteiger partial charge is 0.396 e. The van der Waals surface area contributed by atoms with Crippen molar-refractivity contribution in [2.24, 2.45) is 0 Å². The third-order valence-electron chi connectivity index (χ3n) is 1.98. The first-order valence-corrected chi connectivity index (χ1v) is 6.85. The molecule has 0 aliphatic carbocycles. The summed E-state index contributed by atoms with van der Waals surface area (Å²) in [4.78, 5) is 8.77. The van der Waals surface area contributed by atoms with Gasteiger partial charge in [-0.15, -0.1) is 11.3 Å². The Kier molecular flexibility index (Phi) is 3.31. The van der Waals surface area contributed by atoms with E-state index < -0.39 is 10.8 Å². The number of thiazole rings is 1. The van der Waals surface area contributed by atoms with Gasteiger partial charge in [0.2, 0.25) is 0 Å². The molecule has 0 spiro atoms. The molecule has 0 radical (unpaired) electrons. The third kappa shape index (κ3) is 2.45. The van der Waals surface area contributed by atoms with Gasteiger partial charge in [0, 0.05) is 17.3 Å². The molecule has 0 saturated heterocycles. The van der Waals surface area contributed by atoms with Crippen LogP contribution in [0.4, 0.5) is 5.69 Å². The van der Waals surface area contributed by atoms with E-state index in [4.69, 9.17) is 5.73 Å². The Bertz CT molecular complexity index is 524. The molecular formula is C10H11N3OS2. The first-order chi connectivity index (χ1) is 7.66. The molecule has 0 fully saturated rings. The average Bonchev–Trinajstić information content (AvgIpc) is 2.64. The molecule has 84 valence electrons. The Labute approximate surface area is 100 Å². The van der Waals surface area contributed by atoms with E-state index in [2.05, 4.69) is 9.97 Å². The highest BCUT2D eigenvalue weighted by atomic mass is 32.2. The van der Waals surface area contributed by atoms with E-state index in [1.807, 2.05) is 12.3 Å². The average molecular weight is 253 g/mol. The smallest absolute Gasteiger partial charge is 0.106 e. The fourth-order valence-electron chi connectivity index (χ4n) is 1.26. The molecule has 2 aromatic rings. The molecule has 16 heavy (non-hydrogen) atoms. The number of hydrogen-bond donors (Lipinski definition) is 1. The molecule has 0 bridgehead atoms. The van der Waals surface area contributed by atoms with E-state index in [0.717, 1.165) is 10.7 Å². The lowest BCUT2D eigenvalue weighted by Crippen LogP contribution is -2.01. The van der Waals surface area contributed by atoms with Gasteiger partial charge < -0.3 is 5.73 Å². The summed E-state index contributed by atoms with van der Waals surface area (Å²) in [5.41, 5.74) is 7.13.